The molecular formula is C16H25N3O. The van der Waals surface area contributed by atoms with Crippen LogP contribution in [0.1, 0.15) is 49.9 Å². The van der Waals surface area contributed by atoms with Crippen molar-refractivity contribution in [1.82, 2.24) is 9.88 Å². The molecule has 2 unspecified atom stereocenters. The summed E-state index contributed by atoms with van der Waals surface area (Å²) in [4.78, 5) is 18.8. The zero-order chi connectivity index (χ0) is 14.5. The number of carbonyl (C=O) groups excluding carboxylic acids is 1. The van der Waals surface area contributed by atoms with Crippen LogP contribution in [0.2, 0.25) is 0 Å². The Morgan fingerprint density at radius 2 is 2.20 bits per heavy atom. The molecule has 1 fully saturated rings. The van der Waals surface area contributed by atoms with Gasteiger partial charge in [-0.3, -0.25) is 9.78 Å². The zero-order valence-electron chi connectivity index (χ0n) is 12.7. The first kappa shape index (κ1) is 14.8. The highest BCUT2D eigenvalue weighted by atomic mass is 16.2. The lowest BCUT2D eigenvalue weighted by molar-refractivity contribution is 0.0629. The van der Waals surface area contributed by atoms with Gasteiger partial charge in [0.05, 0.1) is 11.3 Å². The monoisotopic (exact) mass is 275 g/mol. The molecule has 2 atom stereocenters. The molecule has 4 heteroatoms. The molecule has 0 saturated heterocycles. The van der Waals surface area contributed by atoms with Crippen molar-refractivity contribution >= 4 is 11.6 Å². The Morgan fingerprint density at radius 1 is 1.45 bits per heavy atom. The van der Waals surface area contributed by atoms with E-state index in [0.717, 1.165) is 18.7 Å². The quantitative estimate of drug-likeness (QED) is 0.918. The minimum absolute atomic E-state index is 0.0767. The number of aromatic nitrogens is 1. The minimum Gasteiger partial charge on any atom is -0.385 e. The normalized spacial score (nSPS) is 22.4. The third-order valence-corrected chi connectivity index (χ3v) is 4.30. The summed E-state index contributed by atoms with van der Waals surface area (Å²) >= 11 is 0. The van der Waals surface area contributed by atoms with Crippen molar-refractivity contribution in [2.75, 3.05) is 18.9 Å². The molecular weight excluding hydrogens is 250 g/mol. The van der Waals surface area contributed by atoms with Crippen LogP contribution in [0.3, 0.4) is 0 Å². The third kappa shape index (κ3) is 3.11. The molecule has 1 saturated carbocycles. The molecule has 0 spiro atoms. The maximum atomic E-state index is 12.7. The average molecular weight is 275 g/mol. The van der Waals surface area contributed by atoms with Gasteiger partial charge in [-0.15, -0.1) is 0 Å². The summed E-state index contributed by atoms with van der Waals surface area (Å²) in [6, 6.07) is 2.22. The van der Waals surface area contributed by atoms with Crippen LogP contribution < -0.4 is 5.32 Å². The molecule has 0 radical (unpaired) electrons. The predicted octanol–water partition coefficient (Wildman–Crippen LogP) is 3.16. The first-order valence-corrected chi connectivity index (χ1v) is 7.60. The Kier molecular flexibility index (Phi) is 4.99. The van der Waals surface area contributed by atoms with Crippen LogP contribution in [0.25, 0.3) is 0 Å². The van der Waals surface area contributed by atoms with Gasteiger partial charge in [0.2, 0.25) is 0 Å². The van der Waals surface area contributed by atoms with E-state index in [1.54, 1.807) is 12.4 Å². The molecule has 1 aromatic heterocycles. The van der Waals surface area contributed by atoms with Crippen LogP contribution in [-0.4, -0.2) is 35.4 Å². The van der Waals surface area contributed by atoms with E-state index in [4.69, 9.17) is 0 Å². The number of pyridine rings is 1. The molecule has 110 valence electrons. The Labute approximate surface area is 121 Å². The number of nitrogens with zero attached hydrogens (tertiary/aromatic N) is 2. The van der Waals surface area contributed by atoms with Crippen molar-refractivity contribution < 1.29 is 4.79 Å². The third-order valence-electron chi connectivity index (χ3n) is 4.30. The lowest BCUT2D eigenvalue weighted by Gasteiger charge is -2.36. The van der Waals surface area contributed by atoms with Gasteiger partial charge in [0.25, 0.3) is 5.91 Å². The second kappa shape index (κ2) is 6.73. The van der Waals surface area contributed by atoms with Crippen LogP contribution in [0.15, 0.2) is 18.5 Å². The second-order valence-corrected chi connectivity index (χ2v) is 5.70. The Morgan fingerprint density at radius 3 is 2.90 bits per heavy atom. The zero-order valence-corrected chi connectivity index (χ0v) is 12.7. The summed E-state index contributed by atoms with van der Waals surface area (Å²) in [5.74, 6) is 0.657. The summed E-state index contributed by atoms with van der Waals surface area (Å²) < 4.78 is 0. The van der Waals surface area contributed by atoms with Crippen LogP contribution >= 0.6 is 0 Å². The number of hydrogen-bond donors (Lipinski definition) is 1. The van der Waals surface area contributed by atoms with E-state index < -0.39 is 0 Å². The molecule has 0 bridgehead atoms. The Bertz CT molecular complexity index is 461. The van der Waals surface area contributed by atoms with E-state index in [9.17, 15) is 4.79 Å². The average Bonchev–Trinajstić information content (AvgIpc) is 2.47. The van der Waals surface area contributed by atoms with Crippen molar-refractivity contribution in [3.05, 3.63) is 24.0 Å². The highest BCUT2D eigenvalue weighted by Gasteiger charge is 2.29. The smallest absolute Gasteiger partial charge is 0.257 e. The maximum absolute atomic E-state index is 12.7. The van der Waals surface area contributed by atoms with Gasteiger partial charge >= 0.3 is 0 Å². The van der Waals surface area contributed by atoms with Gasteiger partial charge in [-0.2, -0.15) is 0 Å². The minimum atomic E-state index is 0.0767. The molecule has 1 aliphatic carbocycles. The van der Waals surface area contributed by atoms with Gasteiger partial charge in [0.1, 0.15) is 0 Å². The van der Waals surface area contributed by atoms with Gasteiger partial charge in [0.15, 0.2) is 0 Å². The molecule has 1 aliphatic rings. The number of anilines is 1. The van der Waals surface area contributed by atoms with E-state index >= 15 is 0 Å². The molecule has 0 aliphatic heterocycles. The molecule has 0 aromatic carbocycles. The van der Waals surface area contributed by atoms with Crippen LogP contribution in [0.4, 0.5) is 5.69 Å². The van der Waals surface area contributed by atoms with E-state index in [1.807, 2.05) is 24.9 Å². The predicted molar refractivity (Wildman–Crippen MR) is 81.9 cm³/mol. The van der Waals surface area contributed by atoms with Crippen LogP contribution in [0, 0.1) is 5.92 Å². The lowest BCUT2D eigenvalue weighted by Crippen LogP contribution is -2.42. The summed E-state index contributed by atoms with van der Waals surface area (Å²) in [6.45, 7) is 5.08. The van der Waals surface area contributed by atoms with Crippen LogP contribution in [-0.2, 0) is 0 Å². The summed E-state index contributed by atoms with van der Waals surface area (Å²) in [6.07, 6.45) is 8.23. The van der Waals surface area contributed by atoms with Crippen molar-refractivity contribution in [3.63, 3.8) is 0 Å². The molecule has 2 rings (SSSR count). The fraction of sp³-hybridized carbons (Fsp3) is 0.625. The molecule has 1 amide bonds. The van der Waals surface area contributed by atoms with Crippen LogP contribution in [0.5, 0.6) is 0 Å². The summed E-state index contributed by atoms with van der Waals surface area (Å²) in [5.41, 5.74) is 1.55. The van der Waals surface area contributed by atoms with E-state index in [2.05, 4.69) is 17.2 Å². The first-order chi connectivity index (χ1) is 9.65. The molecule has 20 heavy (non-hydrogen) atoms. The van der Waals surface area contributed by atoms with Gasteiger partial charge in [0, 0.05) is 32.0 Å². The number of hydrogen-bond acceptors (Lipinski definition) is 3. The molecule has 1 heterocycles. The SMILES string of the molecule is CCNc1ccncc1C(=O)N(C)C1CCCCC1C. The van der Waals surface area contributed by atoms with Gasteiger partial charge < -0.3 is 10.2 Å². The number of carbonyl (C=O) groups is 1. The standard InChI is InChI=1S/C16H25N3O/c1-4-18-14-9-10-17-11-13(14)16(20)19(3)15-8-6-5-7-12(15)2/h9-12,15H,4-8H2,1-3H3,(H,17,18). The highest BCUT2D eigenvalue weighted by Crippen LogP contribution is 2.29. The Hall–Kier alpha value is -1.58. The van der Waals surface area contributed by atoms with E-state index in [1.165, 1.54) is 19.3 Å². The lowest BCUT2D eigenvalue weighted by atomic mass is 9.85. The number of nitrogens with one attached hydrogen (secondary N) is 1. The largest absolute Gasteiger partial charge is 0.385 e. The van der Waals surface area contributed by atoms with Crippen molar-refractivity contribution in [2.45, 2.75) is 45.6 Å². The maximum Gasteiger partial charge on any atom is 0.257 e. The summed E-state index contributed by atoms with van der Waals surface area (Å²) in [5, 5.41) is 3.24. The summed E-state index contributed by atoms with van der Waals surface area (Å²) in [7, 11) is 1.93. The van der Waals surface area contributed by atoms with E-state index in [0.29, 0.717) is 17.5 Å². The highest BCUT2D eigenvalue weighted by molar-refractivity contribution is 5.99. The van der Waals surface area contributed by atoms with Gasteiger partial charge in [-0.1, -0.05) is 19.8 Å². The van der Waals surface area contributed by atoms with Crippen molar-refractivity contribution in [1.29, 1.82) is 0 Å². The van der Waals surface area contributed by atoms with E-state index in [-0.39, 0.29) is 5.91 Å². The molecule has 4 nitrogen and oxygen atoms in total. The fourth-order valence-electron chi connectivity index (χ4n) is 3.12. The second-order valence-electron chi connectivity index (χ2n) is 5.70. The van der Waals surface area contributed by atoms with Crippen molar-refractivity contribution in [2.24, 2.45) is 5.92 Å². The topological polar surface area (TPSA) is 45.2 Å². The fourth-order valence-corrected chi connectivity index (χ4v) is 3.12. The Balaban J connectivity index is 2.17. The molecule has 1 aromatic rings. The number of amides is 1. The number of rotatable bonds is 4. The van der Waals surface area contributed by atoms with Crippen molar-refractivity contribution in [3.8, 4) is 0 Å². The van der Waals surface area contributed by atoms with Gasteiger partial charge in [-0.05, 0) is 31.7 Å². The molecule has 1 N–H and O–H groups in total. The van der Waals surface area contributed by atoms with Gasteiger partial charge in [-0.25, -0.2) is 0 Å². The first-order valence-electron chi connectivity index (χ1n) is 7.60.